The number of nitriles is 1. The molecule has 0 aliphatic rings. The monoisotopic (exact) mass is 265 g/mol. The Morgan fingerprint density at radius 1 is 1.53 bits per heavy atom. The van der Waals surface area contributed by atoms with Gasteiger partial charge in [0, 0.05) is 11.3 Å². The minimum Gasteiger partial charge on any atom is -0.213 e. The highest BCUT2D eigenvalue weighted by Gasteiger charge is 2.09. The summed E-state index contributed by atoms with van der Waals surface area (Å²) in [6.07, 6.45) is 0.783. The quantitative estimate of drug-likeness (QED) is 0.854. The van der Waals surface area contributed by atoms with Crippen molar-refractivity contribution < 1.29 is 4.39 Å². The van der Waals surface area contributed by atoms with E-state index in [1.54, 1.807) is 6.07 Å². The molecule has 0 radical (unpaired) electrons. The largest absolute Gasteiger partial charge is 0.213 e. The fourth-order valence-electron chi connectivity index (χ4n) is 1.20. The second-order valence-corrected chi connectivity index (χ2v) is 5.23. The summed E-state index contributed by atoms with van der Waals surface area (Å²) in [7, 11) is 0. The SMILES string of the molecule is CCc1nsc(Sc2ccc(F)cc2C#N)n1. The summed E-state index contributed by atoms with van der Waals surface area (Å²) in [6.45, 7) is 1.98. The lowest BCUT2D eigenvalue weighted by Crippen LogP contribution is -1.84. The Kier molecular flexibility index (Phi) is 3.71. The first kappa shape index (κ1) is 12.0. The highest BCUT2D eigenvalue weighted by molar-refractivity contribution is 8.01. The molecule has 0 atom stereocenters. The summed E-state index contributed by atoms with van der Waals surface area (Å²) in [5, 5.41) is 8.91. The standard InChI is InChI=1S/C11H8FN3S2/c1-2-10-14-11(17-15-10)16-9-4-3-8(12)5-7(9)6-13/h3-5H,2H2,1H3. The van der Waals surface area contributed by atoms with E-state index in [1.165, 1.54) is 35.4 Å². The van der Waals surface area contributed by atoms with Crippen LogP contribution in [0.25, 0.3) is 0 Å². The van der Waals surface area contributed by atoms with Gasteiger partial charge in [0.05, 0.1) is 5.56 Å². The van der Waals surface area contributed by atoms with Gasteiger partial charge >= 0.3 is 0 Å². The van der Waals surface area contributed by atoms with Gasteiger partial charge < -0.3 is 0 Å². The molecule has 2 aromatic rings. The average Bonchev–Trinajstić information content (AvgIpc) is 2.79. The van der Waals surface area contributed by atoms with Crippen LogP contribution in [0, 0.1) is 17.1 Å². The van der Waals surface area contributed by atoms with E-state index >= 15 is 0 Å². The van der Waals surface area contributed by atoms with E-state index < -0.39 is 5.82 Å². The van der Waals surface area contributed by atoms with Crippen LogP contribution in [0.5, 0.6) is 0 Å². The Morgan fingerprint density at radius 3 is 3.00 bits per heavy atom. The van der Waals surface area contributed by atoms with E-state index in [0.717, 1.165) is 16.6 Å². The molecule has 1 aromatic carbocycles. The lowest BCUT2D eigenvalue weighted by Gasteiger charge is -1.99. The predicted octanol–water partition coefficient (Wildman–Crippen LogP) is 3.26. The van der Waals surface area contributed by atoms with E-state index in [0.29, 0.717) is 10.5 Å². The number of aromatic nitrogens is 2. The fraction of sp³-hybridized carbons (Fsp3) is 0.182. The van der Waals surface area contributed by atoms with Gasteiger partial charge in [-0.1, -0.05) is 18.7 Å². The summed E-state index contributed by atoms with van der Waals surface area (Å²) >= 11 is 2.63. The van der Waals surface area contributed by atoms with Crippen LogP contribution >= 0.6 is 23.3 Å². The first-order valence-electron chi connectivity index (χ1n) is 4.93. The molecule has 86 valence electrons. The topological polar surface area (TPSA) is 49.6 Å². The van der Waals surface area contributed by atoms with Crippen LogP contribution in [0.4, 0.5) is 4.39 Å². The normalized spacial score (nSPS) is 10.2. The van der Waals surface area contributed by atoms with E-state index in [1.807, 2.05) is 13.0 Å². The Morgan fingerprint density at radius 2 is 2.35 bits per heavy atom. The summed E-state index contributed by atoms with van der Waals surface area (Å²) in [6, 6.07) is 6.13. The number of rotatable bonds is 3. The summed E-state index contributed by atoms with van der Waals surface area (Å²) in [5.74, 6) is 0.385. The van der Waals surface area contributed by atoms with Crippen LogP contribution in [0.15, 0.2) is 27.4 Å². The van der Waals surface area contributed by atoms with Gasteiger partial charge in [-0.15, -0.1) is 0 Å². The number of nitrogens with zero attached hydrogens (tertiary/aromatic N) is 3. The molecule has 0 aliphatic heterocycles. The van der Waals surface area contributed by atoms with Crippen LogP contribution in [-0.2, 0) is 6.42 Å². The number of benzene rings is 1. The zero-order valence-corrected chi connectivity index (χ0v) is 10.6. The molecule has 0 aliphatic carbocycles. The zero-order chi connectivity index (χ0) is 12.3. The van der Waals surface area contributed by atoms with E-state index in [2.05, 4.69) is 9.36 Å². The first-order valence-corrected chi connectivity index (χ1v) is 6.52. The van der Waals surface area contributed by atoms with Crippen LogP contribution in [0.1, 0.15) is 18.3 Å². The van der Waals surface area contributed by atoms with Gasteiger partial charge in [0.25, 0.3) is 0 Å². The molecule has 2 rings (SSSR count). The van der Waals surface area contributed by atoms with Gasteiger partial charge in [0.2, 0.25) is 0 Å². The van der Waals surface area contributed by atoms with Crippen LogP contribution in [-0.4, -0.2) is 9.36 Å². The number of aryl methyl sites for hydroxylation is 1. The summed E-state index contributed by atoms with van der Waals surface area (Å²) in [5.41, 5.74) is 0.322. The molecular formula is C11H8FN3S2. The van der Waals surface area contributed by atoms with Gasteiger partial charge in [0.1, 0.15) is 17.7 Å². The van der Waals surface area contributed by atoms with Crippen molar-refractivity contribution in [2.45, 2.75) is 22.6 Å². The van der Waals surface area contributed by atoms with E-state index in [9.17, 15) is 4.39 Å². The maximum atomic E-state index is 12.9. The minimum absolute atomic E-state index is 0.322. The number of hydrogen-bond acceptors (Lipinski definition) is 5. The van der Waals surface area contributed by atoms with Gasteiger partial charge in [-0.25, -0.2) is 9.37 Å². The second-order valence-electron chi connectivity index (χ2n) is 3.18. The summed E-state index contributed by atoms with van der Waals surface area (Å²) in [4.78, 5) is 4.99. The second kappa shape index (κ2) is 5.25. The molecule has 6 heteroatoms. The highest BCUT2D eigenvalue weighted by atomic mass is 32.2. The smallest absolute Gasteiger partial charge is 0.174 e. The average molecular weight is 265 g/mol. The van der Waals surface area contributed by atoms with Crippen molar-refractivity contribution in [2.75, 3.05) is 0 Å². The van der Waals surface area contributed by atoms with Crippen LogP contribution in [0.2, 0.25) is 0 Å². The van der Waals surface area contributed by atoms with Crippen molar-refractivity contribution >= 4 is 23.3 Å². The van der Waals surface area contributed by atoms with Gasteiger partial charge in [-0.05, 0) is 29.7 Å². The fourth-order valence-corrected chi connectivity index (χ4v) is 2.92. The zero-order valence-electron chi connectivity index (χ0n) is 8.98. The van der Waals surface area contributed by atoms with E-state index in [-0.39, 0.29) is 0 Å². The van der Waals surface area contributed by atoms with Crippen LogP contribution < -0.4 is 0 Å². The minimum atomic E-state index is -0.405. The molecule has 0 fully saturated rings. The van der Waals surface area contributed by atoms with Gasteiger partial charge in [-0.2, -0.15) is 9.64 Å². The van der Waals surface area contributed by atoms with Crippen LogP contribution in [0.3, 0.4) is 0 Å². The first-order chi connectivity index (χ1) is 8.22. The Labute approximate surface area is 106 Å². The molecule has 17 heavy (non-hydrogen) atoms. The van der Waals surface area contributed by atoms with Crippen molar-refractivity contribution in [1.82, 2.24) is 9.36 Å². The van der Waals surface area contributed by atoms with Gasteiger partial charge in [-0.3, -0.25) is 0 Å². The molecule has 0 bridgehead atoms. The lowest BCUT2D eigenvalue weighted by atomic mass is 10.2. The Hall–Kier alpha value is -1.45. The number of halogens is 1. The van der Waals surface area contributed by atoms with Crippen molar-refractivity contribution in [3.8, 4) is 6.07 Å². The number of hydrogen-bond donors (Lipinski definition) is 0. The third-order valence-electron chi connectivity index (χ3n) is 2.03. The van der Waals surface area contributed by atoms with Gasteiger partial charge in [0.15, 0.2) is 4.34 Å². The maximum absolute atomic E-state index is 12.9. The van der Waals surface area contributed by atoms with E-state index in [4.69, 9.17) is 5.26 Å². The molecule has 0 saturated carbocycles. The summed E-state index contributed by atoms with van der Waals surface area (Å²) < 4.78 is 17.9. The molecule has 0 saturated heterocycles. The third kappa shape index (κ3) is 2.81. The molecule has 0 unspecified atom stereocenters. The molecule has 3 nitrogen and oxygen atoms in total. The molecule has 1 aromatic heterocycles. The molecule has 0 N–H and O–H groups in total. The Bertz CT molecular complexity index is 574. The lowest BCUT2D eigenvalue weighted by molar-refractivity contribution is 0.626. The molecule has 1 heterocycles. The molecule has 0 amide bonds. The maximum Gasteiger partial charge on any atom is 0.174 e. The van der Waals surface area contributed by atoms with Crippen molar-refractivity contribution in [3.05, 3.63) is 35.4 Å². The predicted molar refractivity (Wildman–Crippen MR) is 64.5 cm³/mol. The molecular weight excluding hydrogens is 257 g/mol. The Balaban J connectivity index is 2.27. The van der Waals surface area contributed by atoms with Crippen molar-refractivity contribution in [1.29, 1.82) is 5.26 Å². The van der Waals surface area contributed by atoms with Crippen molar-refractivity contribution in [3.63, 3.8) is 0 Å². The van der Waals surface area contributed by atoms with Crippen molar-refractivity contribution in [2.24, 2.45) is 0 Å². The molecule has 0 spiro atoms. The third-order valence-corrected chi connectivity index (χ3v) is 3.89. The highest BCUT2D eigenvalue weighted by Crippen LogP contribution is 2.31.